The van der Waals surface area contributed by atoms with Gasteiger partial charge in [-0.05, 0) is 61.4 Å². The first-order valence-electron chi connectivity index (χ1n) is 6.34. The standard InChI is InChI=1S/C16H12N2O2S2/c1-11-3-13(17-9-19)7-15(5-11)21-22-16-6-12(2)4-14(8-16)18-10-20/h3-8H,1-2H3. The minimum atomic E-state index is 0.591. The molecule has 0 aliphatic rings. The van der Waals surface area contributed by atoms with Gasteiger partial charge in [-0.1, -0.05) is 21.6 Å². The van der Waals surface area contributed by atoms with Crippen LogP contribution >= 0.6 is 21.6 Å². The van der Waals surface area contributed by atoms with Gasteiger partial charge in [0, 0.05) is 9.79 Å². The number of rotatable bonds is 5. The quantitative estimate of drug-likeness (QED) is 0.438. The van der Waals surface area contributed by atoms with Crippen LogP contribution in [0.15, 0.2) is 56.2 Å². The highest BCUT2D eigenvalue weighted by Gasteiger charge is 2.03. The Kier molecular flexibility index (Phi) is 5.75. The molecule has 0 saturated heterocycles. The van der Waals surface area contributed by atoms with Crippen LogP contribution in [0.3, 0.4) is 0 Å². The summed E-state index contributed by atoms with van der Waals surface area (Å²) in [5, 5.41) is 0. The predicted molar refractivity (Wildman–Crippen MR) is 89.6 cm³/mol. The number of aryl methyl sites for hydroxylation is 2. The lowest BCUT2D eigenvalue weighted by atomic mass is 10.2. The summed E-state index contributed by atoms with van der Waals surface area (Å²) in [6.07, 6.45) is 3.10. The second kappa shape index (κ2) is 7.78. The third kappa shape index (κ3) is 4.72. The van der Waals surface area contributed by atoms with E-state index in [1.807, 2.05) is 50.2 Å². The highest BCUT2D eigenvalue weighted by atomic mass is 33.1. The molecule has 6 heteroatoms. The topological polar surface area (TPSA) is 58.9 Å². The van der Waals surface area contributed by atoms with Gasteiger partial charge in [0.05, 0.1) is 11.4 Å². The Bertz CT molecular complexity index is 725. The van der Waals surface area contributed by atoms with Gasteiger partial charge in [-0.2, -0.15) is 9.98 Å². The van der Waals surface area contributed by atoms with Crippen molar-refractivity contribution in [3.05, 3.63) is 47.5 Å². The van der Waals surface area contributed by atoms with E-state index in [1.165, 1.54) is 0 Å². The summed E-state index contributed by atoms with van der Waals surface area (Å²) in [7, 11) is 3.10. The van der Waals surface area contributed by atoms with E-state index in [9.17, 15) is 9.59 Å². The Balaban J connectivity index is 2.19. The summed E-state index contributed by atoms with van der Waals surface area (Å²) < 4.78 is 0. The zero-order valence-electron chi connectivity index (χ0n) is 12.0. The van der Waals surface area contributed by atoms with E-state index in [2.05, 4.69) is 9.98 Å². The van der Waals surface area contributed by atoms with Gasteiger partial charge in [-0.3, -0.25) is 0 Å². The number of carbonyl (C=O) groups excluding carboxylic acids is 2. The van der Waals surface area contributed by atoms with Crippen LogP contribution in [0.5, 0.6) is 0 Å². The zero-order valence-corrected chi connectivity index (χ0v) is 13.6. The molecule has 2 aromatic rings. The van der Waals surface area contributed by atoms with Crippen LogP contribution in [-0.2, 0) is 9.59 Å². The Morgan fingerprint density at radius 3 is 1.50 bits per heavy atom. The second-order valence-corrected chi connectivity index (χ2v) is 6.86. The van der Waals surface area contributed by atoms with Gasteiger partial charge in [0.1, 0.15) is 0 Å². The molecule has 0 atom stereocenters. The summed E-state index contributed by atoms with van der Waals surface area (Å²) in [6.45, 7) is 3.89. The monoisotopic (exact) mass is 328 g/mol. The first kappa shape index (κ1) is 16.3. The summed E-state index contributed by atoms with van der Waals surface area (Å²) >= 11 is 0. The molecule has 0 N–H and O–H groups in total. The van der Waals surface area contributed by atoms with E-state index in [-0.39, 0.29) is 0 Å². The van der Waals surface area contributed by atoms with Crippen LogP contribution in [0.2, 0.25) is 0 Å². The Hall–Kier alpha value is -2.10. The van der Waals surface area contributed by atoms with Crippen LogP contribution in [0, 0.1) is 13.8 Å². The molecule has 4 nitrogen and oxygen atoms in total. The fraction of sp³-hybridized carbons (Fsp3) is 0.125. The van der Waals surface area contributed by atoms with Gasteiger partial charge >= 0.3 is 0 Å². The highest BCUT2D eigenvalue weighted by molar-refractivity contribution is 8.76. The molecule has 110 valence electrons. The third-order valence-electron chi connectivity index (χ3n) is 2.65. The van der Waals surface area contributed by atoms with E-state index < -0.39 is 0 Å². The van der Waals surface area contributed by atoms with Gasteiger partial charge in [-0.15, -0.1) is 0 Å². The molecule has 0 spiro atoms. The highest BCUT2D eigenvalue weighted by Crippen LogP contribution is 2.40. The van der Waals surface area contributed by atoms with Crippen molar-refractivity contribution in [3.8, 4) is 0 Å². The summed E-state index contributed by atoms with van der Waals surface area (Å²) in [5.41, 5.74) is 3.23. The summed E-state index contributed by atoms with van der Waals surface area (Å²) in [4.78, 5) is 30.0. The zero-order chi connectivity index (χ0) is 15.9. The Labute approximate surface area is 136 Å². The normalized spacial score (nSPS) is 9.73. The fourth-order valence-electron chi connectivity index (χ4n) is 1.88. The van der Waals surface area contributed by atoms with E-state index in [4.69, 9.17) is 0 Å². The molecule has 0 heterocycles. The van der Waals surface area contributed by atoms with E-state index in [1.54, 1.807) is 33.7 Å². The van der Waals surface area contributed by atoms with E-state index >= 15 is 0 Å². The first-order chi connectivity index (χ1) is 10.6. The average Bonchev–Trinajstić information content (AvgIpc) is 2.45. The molecule has 0 unspecified atom stereocenters. The number of isocyanates is 2. The lowest BCUT2D eigenvalue weighted by molar-refractivity contribution is 0.564. The van der Waals surface area contributed by atoms with Gasteiger partial charge in [0.2, 0.25) is 12.2 Å². The molecule has 2 aromatic carbocycles. The molecule has 0 aliphatic carbocycles. The number of hydrogen-bond acceptors (Lipinski definition) is 6. The van der Waals surface area contributed by atoms with Crippen LogP contribution in [-0.4, -0.2) is 12.2 Å². The lowest BCUT2D eigenvalue weighted by Gasteiger charge is -2.05. The van der Waals surface area contributed by atoms with Crippen LogP contribution in [0.1, 0.15) is 11.1 Å². The van der Waals surface area contributed by atoms with Crippen LogP contribution < -0.4 is 0 Å². The predicted octanol–water partition coefficient (Wildman–Crippen LogP) is 5.04. The number of hydrogen-bond donors (Lipinski definition) is 0. The molecular formula is C16H12N2O2S2. The molecule has 0 bridgehead atoms. The molecule has 0 saturated carbocycles. The Morgan fingerprint density at radius 2 is 1.14 bits per heavy atom. The van der Waals surface area contributed by atoms with Crippen molar-refractivity contribution >= 4 is 45.1 Å². The summed E-state index contributed by atoms with van der Waals surface area (Å²) in [5.74, 6) is 0. The van der Waals surface area contributed by atoms with E-state index in [0.29, 0.717) is 11.4 Å². The van der Waals surface area contributed by atoms with Crippen molar-refractivity contribution in [2.75, 3.05) is 0 Å². The first-order valence-corrected chi connectivity index (χ1v) is 8.49. The molecule has 0 radical (unpaired) electrons. The summed E-state index contributed by atoms with van der Waals surface area (Å²) in [6, 6.07) is 11.3. The average molecular weight is 328 g/mol. The van der Waals surface area contributed by atoms with Gasteiger partial charge in [0.15, 0.2) is 0 Å². The van der Waals surface area contributed by atoms with Gasteiger partial charge < -0.3 is 0 Å². The molecule has 2 rings (SSSR count). The van der Waals surface area contributed by atoms with E-state index in [0.717, 1.165) is 20.9 Å². The van der Waals surface area contributed by atoms with Gasteiger partial charge in [0.25, 0.3) is 0 Å². The van der Waals surface area contributed by atoms with Crippen molar-refractivity contribution in [1.29, 1.82) is 0 Å². The van der Waals surface area contributed by atoms with Crippen molar-refractivity contribution in [2.24, 2.45) is 9.98 Å². The molecule has 0 amide bonds. The third-order valence-corrected chi connectivity index (χ3v) is 5.00. The molecule has 22 heavy (non-hydrogen) atoms. The molecule has 0 aromatic heterocycles. The number of nitrogens with zero attached hydrogens (tertiary/aromatic N) is 2. The maximum atomic E-state index is 10.4. The molecule has 0 fully saturated rings. The van der Waals surface area contributed by atoms with Crippen molar-refractivity contribution < 1.29 is 9.59 Å². The minimum Gasteiger partial charge on any atom is -0.211 e. The molecular weight excluding hydrogens is 316 g/mol. The lowest BCUT2D eigenvalue weighted by Crippen LogP contribution is -1.77. The van der Waals surface area contributed by atoms with Crippen LogP contribution in [0.4, 0.5) is 11.4 Å². The number of benzene rings is 2. The second-order valence-electron chi connectivity index (χ2n) is 4.58. The molecule has 0 aliphatic heterocycles. The van der Waals surface area contributed by atoms with Gasteiger partial charge in [-0.25, -0.2) is 9.59 Å². The Morgan fingerprint density at radius 1 is 0.727 bits per heavy atom. The number of aliphatic imine (C=N–C) groups is 2. The van der Waals surface area contributed by atoms with Crippen LogP contribution in [0.25, 0.3) is 0 Å². The van der Waals surface area contributed by atoms with Crippen molar-refractivity contribution in [1.82, 2.24) is 0 Å². The maximum absolute atomic E-state index is 10.4. The minimum absolute atomic E-state index is 0.591. The maximum Gasteiger partial charge on any atom is 0.240 e. The smallest absolute Gasteiger partial charge is 0.211 e. The van der Waals surface area contributed by atoms with Crippen molar-refractivity contribution in [2.45, 2.75) is 23.6 Å². The fourth-order valence-corrected chi connectivity index (χ4v) is 4.04. The largest absolute Gasteiger partial charge is 0.240 e. The van der Waals surface area contributed by atoms with Crippen molar-refractivity contribution in [3.63, 3.8) is 0 Å². The SMILES string of the molecule is Cc1cc(N=C=O)cc(SSc2cc(C)cc(N=C=O)c2)c1.